The Balaban J connectivity index is 2.22. The number of imide groups is 1. The van der Waals surface area contributed by atoms with Crippen LogP contribution in [0.4, 0.5) is 4.79 Å². The van der Waals surface area contributed by atoms with Gasteiger partial charge in [-0.15, -0.1) is 0 Å². The van der Waals surface area contributed by atoms with Crippen LogP contribution in [0.15, 0.2) is 0 Å². The van der Waals surface area contributed by atoms with Crippen LogP contribution >= 0.6 is 0 Å². The average molecular weight is 248 g/mol. The fraction of sp³-hybridized carbons (Fsp3) is 0.750. The zero-order valence-corrected chi connectivity index (χ0v) is 8.53. The van der Waals surface area contributed by atoms with Crippen LogP contribution in [0.2, 0.25) is 0 Å². The summed E-state index contributed by atoms with van der Waals surface area (Å²) in [6, 6.07) is -0.936. The highest BCUT2D eigenvalue weighted by Gasteiger charge is 2.57. The lowest BCUT2D eigenvalue weighted by Crippen LogP contribution is -2.67. The molecule has 2 fully saturated rings. The lowest BCUT2D eigenvalue weighted by molar-refractivity contribution is -0.235. The molecule has 9 nitrogen and oxygen atoms in total. The largest absolute Gasteiger partial charge is 0.388 e. The maximum atomic E-state index is 11.4. The first kappa shape index (κ1) is 12.2. The molecule has 5 atom stereocenters. The second kappa shape index (κ2) is 3.89. The molecule has 2 aliphatic heterocycles. The number of ether oxygens (including phenoxy) is 1. The molecule has 0 spiro atoms. The Labute approximate surface area is 95.0 Å². The summed E-state index contributed by atoms with van der Waals surface area (Å²) in [6.45, 7) is -0.381. The van der Waals surface area contributed by atoms with Crippen molar-refractivity contribution in [2.24, 2.45) is 0 Å². The van der Waals surface area contributed by atoms with E-state index in [1.807, 2.05) is 5.32 Å². The second-order valence-electron chi connectivity index (χ2n) is 3.98. The molecule has 0 aromatic rings. The highest BCUT2D eigenvalue weighted by atomic mass is 16.5. The summed E-state index contributed by atoms with van der Waals surface area (Å²) >= 11 is 0. The van der Waals surface area contributed by atoms with Crippen molar-refractivity contribution in [3.8, 4) is 0 Å². The van der Waals surface area contributed by atoms with E-state index < -0.39 is 42.1 Å². The van der Waals surface area contributed by atoms with Gasteiger partial charge in [0.05, 0.1) is 6.61 Å². The fourth-order valence-corrected chi connectivity index (χ4v) is 1.83. The molecule has 0 bridgehead atoms. The van der Waals surface area contributed by atoms with Crippen LogP contribution in [0.3, 0.4) is 0 Å². The van der Waals surface area contributed by atoms with Crippen molar-refractivity contribution in [3.63, 3.8) is 0 Å². The third-order valence-corrected chi connectivity index (χ3v) is 2.79. The summed E-state index contributed by atoms with van der Waals surface area (Å²) in [4.78, 5) is 22.3. The maximum Gasteiger partial charge on any atom is 0.324 e. The van der Waals surface area contributed by atoms with E-state index >= 15 is 0 Å². The fourth-order valence-electron chi connectivity index (χ4n) is 1.83. The minimum atomic E-state index is -2.46. The predicted octanol–water partition coefficient (Wildman–Crippen LogP) is -4.00. The first-order valence-corrected chi connectivity index (χ1v) is 4.88. The van der Waals surface area contributed by atoms with E-state index in [1.54, 1.807) is 5.32 Å². The first-order chi connectivity index (χ1) is 7.86. The Morgan fingerprint density at radius 3 is 2.41 bits per heavy atom. The third-order valence-electron chi connectivity index (χ3n) is 2.79. The second-order valence-corrected chi connectivity index (χ2v) is 3.98. The van der Waals surface area contributed by atoms with Crippen LogP contribution in [0.5, 0.6) is 0 Å². The van der Waals surface area contributed by atoms with Gasteiger partial charge in [0.25, 0.3) is 5.91 Å². The number of aliphatic hydroxyl groups excluding tert-OH is 3. The molecular formula is C8H12N2O7. The van der Waals surface area contributed by atoms with Gasteiger partial charge >= 0.3 is 6.03 Å². The van der Waals surface area contributed by atoms with Crippen LogP contribution in [0.1, 0.15) is 0 Å². The van der Waals surface area contributed by atoms with Crippen molar-refractivity contribution >= 4 is 11.9 Å². The lowest BCUT2D eigenvalue weighted by atomic mass is 9.92. The normalized spacial score (nSPS) is 46.6. The molecule has 6 N–H and O–H groups in total. The van der Waals surface area contributed by atoms with Crippen LogP contribution in [0, 0.1) is 0 Å². The van der Waals surface area contributed by atoms with Gasteiger partial charge in [0.2, 0.25) is 5.72 Å². The molecule has 17 heavy (non-hydrogen) atoms. The van der Waals surface area contributed by atoms with Gasteiger partial charge in [-0.1, -0.05) is 0 Å². The number of aliphatic hydroxyl groups is 4. The Morgan fingerprint density at radius 1 is 1.24 bits per heavy atom. The predicted molar refractivity (Wildman–Crippen MR) is 49.4 cm³/mol. The minimum absolute atomic E-state index is 0.381. The molecule has 2 rings (SSSR count). The molecule has 0 aliphatic carbocycles. The van der Waals surface area contributed by atoms with Gasteiger partial charge < -0.3 is 25.2 Å². The van der Waals surface area contributed by atoms with E-state index in [9.17, 15) is 30.0 Å². The van der Waals surface area contributed by atoms with Gasteiger partial charge in [-0.2, -0.15) is 0 Å². The number of carbonyl (C=O) groups is 2. The number of carbonyl (C=O) groups excluding carboxylic acids is 2. The molecule has 96 valence electrons. The van der Waals surface area contributed by atoms with E-state index in [0.29, 0.717) is 0 Å². The Hall–Kier alpha value is -1.26. The standard InChI is InChI=1S/C8H12N2O7/c11-2-1-17-5(4(13)3(2)12)8(16)6(14)9-7(15)10-8/h2-5,11-13,16H,1H2,(H2,9,10,14,15)/t2-,3+,4-,5-,8?/m0/s1. The van der Waals surface area contributed by atoms with E-state index in [0.717, 1.165) is 0 Å². The highest BCUT2D eigenvalue weighted by molar-refractivity contribution is 6.06. The molecule has 0 radical (unpaired) electrons. The minimum Gasteiger partial charge on any atom is -0.388 e. The van der Waals surface area contributed by atoms with Crippen molar-refractivity contribution < 1.29 is 34.8 Å². The van der Waals surface area contributed by atoms with E-state index in [2.05, 4.69) is 0 Å². The highest BCUT2D eigenvalue weighted by Crippen LogP contribution is 2.25. The van der Waals surface area contributed by atoms with Crippen LogP contribution < -0.4 is 10.6 Å². The number of nitrogens with one attached hydrogen (secondary N) is 2. The zero-order chi connectivity index (χ0) is 12.8. The molecule has 2 aliphatic rings. The van der Waals surface area contributed by atoms with Crippen LogP contribution in [-0.4, -0.2) is 69.1 Å². The Bertz CT molecular complexity index is 362. The number of amides is 3. The maximum absolute atomic E-state index is 11.4. The smallest absolute Gasteiger partial charge is 0.324 e. The Morgan fingerprint density at radius 2 is 1.88 bits per heavy atom. The van der Waals surface area contributed by atoms with Crippen molar-refractivity contribution in [1.29, 1.82) is 0 Å². The molecular weight excluding hydrogens is 236 g/mol. The van der Waals surface area contributed by atoms with Crippen molar-refractivity contribution in [2.75, 3.05) is 6.61 Å². The van der Waals surface area contributed by atoms with Crippen molar-refractivity contribution in [3.05, 3.63) is 0 Å². The van der Waals surface area contributed by atoms with Crippen LogP contribution in [-0.2, 0) is 9.53 Å². The molecule has 2 saturated heterocycles. The summed E-state index contributed by atoms with van der Waals surface area (Å²) in [5, 5.41) is 41.8. The zero-order valence-electron chi connectivity index (χ0n) is 8.53. The number of rotatable bonds is 1. The van der Waals surface area contributed by atoms with E-state index in [-0.39, 0.29) is 6.61 Å². The SMILES string of the molecule is O=C1NC(=O)C(O)([C@H]2OC[C@H](O)[C@@H](O)[C@@H]2O)N1. The van der Waals surface area contributed by atoms with E-state index in [1.165, 1.54) is 0 Å². The van der Waals surface area contributed by atoms with Gasteiger partial charge in [-0.3, -0.25) is 15.4 Å². The molecule has 9 heteroatoms. The first-order valence-electron chi connectivity index (χ1n) is 4.88. The van der Waals surface area contributed by atoms with Crippen LogP contribution in [0.25, 0.3) is 0 Å². The summed E-state index contributed by atoms with van der Waals surface area (Å²) in [7, 11) is 0. The average Bonchev–Trinajstić information content (AvgIpc) is 2.50. The van der Waals surface area contributed by atoms with Crippen molar-refractivity contribution in [1.82, 2.24) is 10.6 Å². The van der Waals surface area contributed by atoms with Crippen molar-refractivity contribution in [2.45, 2.75) is 30.1 Å². The summed E-state index contributed by atoms with van der Waals surface area (Å²) in [5.74, 6) is -1.09. The van der Waals surface area contributed by atoms with Gasteiger partial charge in [-0.05, 0) is 0 Å². The monoisotopic (exact) mass is 248 g/mol. The van der Waals surface area contributed by atoms with Gasteiger partial charge in [0.1, 0.15) is 24.4 Å². The molecule has 0 aromatic carbocycles. The summed E-state index contributed by atoms with van der Waals surface area (Å²) in [6.07, 6.45) is -6.19. The van der Waals surface area contributed by atoms with E-state index in [4.69, 9.17) is 4.74 Å². The number of hydrogen-bond acceptors (Lipinski definition) is 7. The molecule has 3 amide bonds. The van der Waals surface area contributed by atoms with Gasteiger partial charge in [-0.25, -0.2) is 4.79 Å². The lowest BCUT2D eigenvalue weighted by Gasteiger charge is -2.40. The summed E-state index contributed by atoms with van der Waals surface area (Å²) < 4.78 is 4.89. The number of urea groups is 1. The Kier molecular flexibility index (Phi) is 2.79. The van der Waals surface area contributed by atoms with Gasteiger partial charge in [0, 0.05) is 0 Å². The molecule has 0 saturated carbocycles. The molecule has 1 unspecified atom stereocenters. The quantitative estimate of drug-likeness (QED) is 0.259. The number of hydrogen-bond donors (Lipinski definition) is 6. The molecule has 2 heterocycles. The van der Waals surface area contributed by atoms with Gasteiger partial charge in [0.15, 0.2) is 0 Å². The molecule has 0 aromatic heterocycles. The third kappa shape index (κ3) is 1.77. The topological polar surface area (TPSA) is 148 Å². The summed E-state index contributed by atoms with van der Waals surface area (Å²) in [5.41, 5.74) is -2.46.